The van der Waals surface area contributed by atoms with E-state index in [1.165, 1.54) is 12.8 Å². The van der Waals surface area contributed by atoms with Crippen LogP contribution in [0.25, 0.3) is 0 Å². The number of nitrogens with zero attached hydrogens (tertiary/aromatic N) is 2. The lowest BCUT2D eigenvalue weighted by molar-refractivity contribution is 0.0793. The first kappa shape index (κ1) is 15.2. The molecule has 0 amide bonds. The lowest BCUT2D eigenvalue weighted by Crippen LogP contribution is -2.16. The highest BCUT2D eigenvalue weighted by Gasteiger charge is 2.20. The molecule has 6 nitrogen and oxygen atoms in total. The molecule has 1 heterocycles. The first-order valence-corrected chi connectivity index (χ1v) is 7.14. The molecule has 0 atom stereocenters. The van der Waals surface area contributed by atoms with Crippen LogP contribution < -0.4 is 10.1 Å². The number of hydrogen-bond donors (Lipinski definition) is 1. The molecular weight excluding hydrogens is 258 g/mol. The maximum Gasteiger partial charge on any atom is 0.233 e. The van der Waals surface area contributed by atoms with Crippen LogP contribution >= 0.6 is 0 Å². The number of nitrogens with one attached hydrogen (secondary N) is 1. The Kier molecular flexibility index (Phi) is 6.70. The fourth-order valence-corrected chi connectivity index (χ4v) is 1.67. The highest BCUT2D eigenvalue weighted by Crippen LogP contribution is 2.19. The van der Waals surface area contributed by atoms with Gasteiger partial charge in [-0.25, -0.2) is 0 Å². The molecule has 6 heteroatoms. The van der Waals surface area contributed by atoms with Gasteiger partial charge in [-0.2, -0.15) is 5.10 Å². The van der Waals surface area contributed by atoms with E-state index in [1.54, 1.807) is 7.11 Å². The molecule has 0 unspecified atom stereocenters. The third kappa shape index (κ3) is 6.27. The summed E-state index contributed by atoms with van der Waals surface area (Å²) in [6.45, 7) is 3.23. The van der Waals surface area contributed by atoms with E-state index in [1.807, 2.05) is 12.1 Å². The van der Waals surface area contributed by atoms with Gasteiger partial charge < -0.3 is 19.5 Å². The molecule has 1 aromatic rings. The van der Waals surface area contributed by atoms with Gasteiger partial charge in [-0.15, -0.1) is 5.10 Å². The quantitative estimate of drug-likeness (QED) is 0.614. The predicted octanol–water partition coefficient (Wildman–Crippen LogP) is 1.16. The van der Waals surface area contributed by atoms with Gasteiger partial charge in [0.05, 0.1) is 12.3 Å². The van der Waals surface area contributed by atoms with Gasteiger partial charge in [0, 0.05) is 39.0 Å². The van der Waals surface area contributed by atoms with Gasteiger partial charge in [0.2, 0.25) is 5.88 Å². The molecule has 1 aliphatic carbocycles. The van der Waals surface area contributed by atoms with Crippen LogP contribution in [0.3, 0.4) is 0 Å². The second-order valence-corrected chi connectivity index (χ2v) is 4.83. The number of ether oxygens (including phenoxy) is 3. The van der Waals surface area contributed by atoms with Gasteiger partial charge in [0.25, 0.3) is 0 Å². The minimum absolute atomic E-state index is 0.487. The third-order valence-electron chi connectivity index (χ3n) is 2.96. The molecule has 1 aliphatic rings. The van der Waals surface area contributed by atoms with E-state index in [4.69, 9.17) is 14.2 Å². The molecule has 1 saturated carbocycles. The van der Waals surface area contributed by atoms with Crippen molar-refractivity contribution in [2.45, 2.75) is 31.8 Å². The molecule has 1 fully saturated rings. The zero-order valence-electron chi connectivity index (χ0n) is 12.0. The lowest BCUT2D eigenvalue weighted by Gasteiger charge is -2.06. The summed E-state index contributed by atoms with van der Waals surface area (Å²) in [6.07, 6.45) is 3.46. The van der Waals surface area contributed by atoms with E-state index in [-0.39, 0.29) is 0 Å². The molecule has 0 aromatic carbocycles. The Morgan fingerprint density at radius 2 is 2.05 bits per heavy atom. The summed E-state index contributed by atoms with van der Waals surface area (Å²) in [5, 5.41) is 11.6. The van der Waals surface area contributed by atoms with E-state index in [9.17, 15) is 0 Å². The SMILES string of the molecule is COCCCOCCOc1ccc(CNC2CC2)nn1. The highest BCUT2D eigenvalue weighted by atomic mass is 16.5. The second kappa shape index (κ2) is 8.84. The molecule has 2 rings (SSSR count). The molecule has 112 valence electrons. The number of hydrogen-bond acceptors (Lipinski definition) is 6. The van der Waals surface area contributed by atoms with Crippen LogP contribution in [0.15, 0.2) is 12.1 Å². The lowest BCUT2D eigenvalue weighted by atomic mass is 10.4. The molecule has 20 heavy (non-hydrogen) atoms. The van der Waals surface area contributed by atoms with Crippen LogP contribution in [0, 0.1) is 0 Å². The average molecular weight is 281 g/mol. The van der Waals surface area contributed by atoms with E-state index in [0.717, 1.165) is 25.3 Å². The highest BCUT2D eigenvalue weighted by molar-refractivity contribution is 5.11. The van der Waals surface area contributed by atoms with E-state index >= 15 is 0 Å². The van der Waals surface area contributed by atoms with Crippen molar-refractivity contribution < 1.29 is 14.2 Å². The Balaban J connectivity index is 1.53. The fraction of sp³-hybridized carbons (Fsp3) is 0.714. The largest absolute Gasteiger partial charge is 0.474 e. The Hall–Kier alpha value is -1.24. The Bertz CT molecular complexity index is 368. The van der Waals surface area contributed by atoms with Crippen molar-refractivity contribution in [3.8, 4) is 5.88 Å². The van der Waals surface area contributed by atoms with Gasteiger partial charge in [0.1, 0.15) is 6.61 Å². The summed E-state index contributed by atoms with van der Waals surface area (Å²) in [6, 6.07) is 4.47. The van der Waals surface area contributed by atoms with E-state index in [2.05, 4.69) is 15.5 Å². The van der Waals surface area contributed by atoms with Crippen LogP contribution in [0.5, 0.6) is 5.88 Å². The first-order valence-electron chi connectivity index (χ1n) is 7.14. The van der Waals surface area contributed by atoms with E-state index in [0.29, 0.717) is 31.7 Å². The minimum atomic E-state index is 0.487. The molecular formula is C14H23N3O3. The first-order chi connectivity index (χ1) is 9.88. The van der Waals surface area contributed by atoms with Crippen molar-refractivity contribution in [1.29, 1.82) is 0 Å². The summed E-state index contributed by atoms with van der Waals surface area (Å²) in [5.41, 5.74) is 0.945. The normalized spacial score (nSPS) is 14.4. The zero-order valence-corrected chi connectivity index (χ0v) is 12.0. The van der Waals surface area contributed by atoms with Crippen molar-refractivity contribution >= 4 is 0 Å². The van der Waals surface area contributed by atoms with Gasteiger partial charge in [0.15, 0.2) is 0 Å². The van der Waals surface area contributed by atoms with Crippen LogP contribution in [-0.4, -0.2) is 49.8 Å². The average Bonchev–Trinajstić information content (AvgIpc) is 3.30. The molecule has 0 radical (unpaired) electrons. The van der Waals surface area contributed by atoms with E-state index < -0.39 is 0 Å². The van der Waals surface area contributed by atoms with Gasteiger partial charge in [-0.3, -0.25) is 0 Å². The fourth-order valence-electron chi connectivity index (χ4n) is 1.67. The summed E-state index contributed by atoms with van der Waals surface area (Å²) in [7, 11) is 1.69. The van der Waals surface area contributed by atoms with Gasteiger partial charge in [-0.05, 0) is 25.3 Å². The zero-order chi connectivity index (χ0) is 14.0. The van der Waals surface area contributed by atoms with Crippen molar-refractivity contribution in [1.82, 2.24) is 15.5 Å². The molecule has 0 spiro atoms. The van der Waals surface area contributed by atoms with Gasteiger partial charge in [-0.1, -0.05) is 0 Å². The molecule has 0 aliphatic heterocycles. The van der Waals surface area contributed by atoms with Crippen LogP contribution in [0.1, 0.15) is 25.0 Å². The molecule has 1 N–H and O–H groups in total. The monoisotopic (exact) mass is 281 g/mol. The van der Waals surface area contributed by atoms with Crippen molar-refractivity contribution in [2.75, 3.05) is 33.5 Å². The summed E-state index contributed by atoms with van der Waals surface area (Å²) in [4.78, 5) is 0. The van der Waals surface area contributed by atoms with Crippen LogP contribution in [-0.2, 0) is 16.0 Å². The number of methoxy groups -OCH3 is 1. The topological polar surface area (TPSA) is 65.5 Å². The molecule has 0 bridgehead atoms. The third-order valence-corrected chi connectivity index (χ3v) is 2.96. The Morgan fingerprint density at radius 3 is 2.75 bits per heavy atom. The van der Waals surface area contributed by atoms with Crippen LogP contribution in [0.2, 0.25) is 0 Å². The molecule has 1 aromatic heterocycles. The number of rotatable bonds is 11. The predicted molar refractivity (Wildman–Crippen MR) is 74.7 cm³/mol. The smallest absolute Gasteiger partial charge is 0.233 e. The maximum absolute atomic E-state index is 5.46. The van der Waals surface area contributed by atoms with Gasteiger partial charge >= 0.3 is 0 Å². The maximum atomic E-state index is 5.46. The molecule has 0 saturated heterocycles. The summed E-state index contributed by atoms with van der Waals surface area (Å²) in [5.74, 6) is 0.542. The summed E-state index contributed by atoms with van der Waals surface area (Å²) < 4.78 is 15.8. The number of aromatic nitrogens is 2. The Labute approximate surface area is 119 Å². The standard InChI is InChI=1S/C14H23N3O3/c1-18-7-2-8-19-9-10-20-14-6-5-13(16-17-14)11-15-12-3-4-12/h5-6,12,15H,2-4,7-11H2,1H3. The summed E-state index contributed by atoms with van der Waals surface area (Å²) >= 11 is 0. The second-order valence-electron chi connectivity index (χ2n) is 4.83. The van der Waals surface area contributed by atoms with Crippen LogP contribution in [0.4, 0.5) is 0 Å². The Morgan fingerprint density at radius 1 is 1.15 bits per heavy atom. The minimum Gasteiger partial charge on any atom is -0.474 e. The van der Waals surface area contributed by atoms with Crippen molar-refractivity contribution in [2.24, 2.45) is 0 Å². The van der Waals surface area contributed by atoms with Crippen molar-refractivity contribution in [3.05, 3.63) is 17.8 Å². The van der Waals surface area contributed by atoms with Crippen molar-refractivity contribution in [3.63, 3.8) is 0 Å².